The molecular weight excluding hydrogens is 256 g/mol. The van der Waals surface area contributed by atoms with Gasteiger partial charge in [0.1, 0.15) is 0 Å². The summed E-state index contributed by atoms with van der Waals surface area (Å²) in [6, 6.07) is 0. The predicted molar refractivity (Wildman–Crippen MR) is 69.7 cm³/mol. The standard InChI is InChI=1S/C15H22F4/c1-11(2)14(16,17)15(18,19)12(3)9-10-13-7-5-4-6-8-13/h13H,1,3-10H2,2H3. The van der Waals surface area contributed by atoms with Gasteiger partial charge in [-0.1, -0.05) is 45.3 Å². The van der Waals surface area contributed by atoms with E-state index in [-0.39, 0.29) is 6.42 Å². The van der Waals surface area contributed by atoms with Crippen LogP contribution in [0, 0.1) is 5.92 Å². The fourth-order valence-corrected chi connectivity index (χ4v) is 2.50. The molecule has 0 saturated heterocycles. The maximum Gasteiger partial charge on any atom is 0.335 e. The number of alkyl halides is 4. The van der Waals surface area contributed by atoms with Crippen molar-refractivity contribution in [1.82, 2.24) is 0 Å². The molecule has 0 spiro atoms. The number of halogens is 4. The molecule has 0 unspecified atom stereocenters. The quantitative estimate of drug-likeness (QED) is 0.428. The molecule has 1 fully saturated rings. The molecule has 0 N–H and O–H groups in total. The van der Waals surface area contributed by atoms with Crippen molar-refractivity contribution in [3.05, 3.63) is 24.3 Å². The van der Waals surface area contributed by atoms with E-state index in [0.717, 1.165) is 32.6 Å². The molecule has 0 heterocycles. The van der Waals surface area contributed by atoms with Gasteiger partial charge in [0.05, 0.1) is 0 Å². The minimum absolute atomic E-state index is 0.0411. The second-order valence-electron chi connectivity index (χ2n) is 5.58. The van der Waals surface area contributed by atoms with E-state index in [1.54, 1.807) is 0 Å². The molecular formula is C15H22F4. The molecule has 0 aliphatic heterocycles. The predicted octanol–water partition coefficient (Wildman–Crippen LogP) is 5.75. The third-order valence-corrected chi connectivity index (χ3v) is 3.95. The summed E-state index contributed by atoms with van der Waals surface area (Å²) < 4.78 is 54.2. The number of rotatable bonds is 6. The van der Waals surface area contributed by atoms with Crippen LogP contribution >= 0.6 is 0 Å². The lowest BCUT2D eigenvalue weighted by molar-refractivity contribution is -0.162. The molecule has 0 radical (unpaired) electrons. The monoisotopic (exact) mass is 278 g/mol. The fourth-order valence-electron chi connectivity index (χ4n) is 2.50. The molecule has 1 saturated carbocycles. The maximum atomic E-state index is 13.7. The molecule has 0 amide bonds. The van der Waals surface area contributed by atoms with E-state index in [0.29, 0.717) is 12.3 Å². The first-order valence-corrected chi connectivity index (χ1v) is 6.79. The molecule has 4 heteroatoms. The number of hydrogen-bond acceptors (Lipinski definition) is 0. The highest BCUT2D eigenvalue weighted by atomic mass is 19.3. The van der Waals surface area contributed by atoms with Crippen LogP contribution < -0.4 is 0 Å². The van der Waals surface area contributed by atoms with Gasteiger partial charge in [0.25, 0.3) is 0 Å². The molecule has 0 aromatic heterocycles. The highest BCUT2D eigenvalue weighted by molar-refractivity contribution is 5.22. The van der Waals surface area contributed by atoms with Crippen molar-refractivity contribution < 1.29 is 17.6 Å². The van der Waals surface area contributed by atoms with Crippen LogP contribution in [0.5, 0.6) is 0 Å². The van der Waals surface area contributed by atoms with Gasteiger partial charge in [-0.25, -0.2) is 0 Å². The molecule has 0 aromatic rings. The van der Waals surface area contributed by atoms with E-state index in [9.17, 15) is 17.6 Å². The first kappa shape index (κ1) is 16.3. The van der Waals surface area contributed by atoms with Crippen LogP contribution in [0.1, 0.15) is 51.9 Å². The third-order valence-electron chi connectivity index (χ3n) is 3.95. The Morgan fingerprint density at radius 1 is 1.00 bits per heavy atom. The molecule has 110 valence electrons. The van der Waals surface area contributed by atoms with Crippen LogP contribution in [-0.2, 0) is 0 Å². The Morgan fingerprint density at radius 3 is 2.00 bits per heavy atom. The largest absolute Gasteiger partial charge is 0.335 e. The van der Waals surface area contributed by atoms with Gasteiger partial charge in [0.2, 0.25) is 0 Å². The zero-order chi connectivity index (χ0) is 14.7. The van der Waals surface area contributed by atoms with Gasteiger partial charge in [-0.05, 0) is 36.8 Å². The number of allylic oxidation sites excluding steroid dienone is 2. The SMILES string of the molecule is C=C(C)C(F)(F)C(F)(F)C(=C)CCC1CCCCC1. The first-order chi connectivity index (χ1) is 8.69. The lowest BCUT2D eigenvalue weighted by Gasteiger charge is -2.29. The lowest BCUT2D eigenvalue weighted by Crippen LogP contribution is -2.42. The summed E-state index contributed by atoms with van der Waals surface area (Å²) in [4.78, 5) is 0. The maximum absolute atomic E-state index is 13.7. The average molecular weight is 278 g/mol. The topological polar surface area (TPSA) is 0 Å². The lowest BCUT2D eigenvalue weighted by atomic mass is 9.84. The van der Waals surface area contributed by atoms with E-state index < -0.39 is 23.0 Å². The van der Waals surface area contributed by atoms with Crippen molar-refractivity contribution in [2.75, 3.05) is 0 Å². The minimum Gasteiger partial charge on any atom is -0.194 e. The van der Waals surface area contributed by atoms with Crippen LogP contribution in [0.3, 0.4) is 0 Å². The highest BCUT2D eigenvalue weighted by Gasteiger charge is 2.58. The third kappa shape index (κ3) is 3.61. The van der Waals surface area contributed by atoms with E-state index in [1.165, 1.54) is 6.42 Å². The Morgan fingerprint density at radius 2 is 1.53 bits per heavy atom. The Bertz CT molecular complexity index is 338. The van der Waals surface area contributed by atoms with E-state index in [2.05, 4.69) is 13.2 Å². The first-order valence-electron chi connectivity index (χ1n) is 6.79. The summed E-state index contributed by atoms with van der Waals surface area (Å²) in [6.45, 7) is 7.06. The fraction of sp³-hybridized carbons (Fsp3) is 0.733. The van der Waals surface area contributed by atoms with Crippen molar-refractivity contribution in [2.24, 2.45) is 5.92 Å². The molecule has 0 atom stereocenters. The summed E-state index contributed by atoms with van der Waals surface area (Å²) >= 11 is 0. The van der Waals surface area contributed by atoms with E-state index >= 15 is 0 Å². The van der Waals surface area contributed by atoms with Gasteiger partial charge in [-0.2, -0.15) is 17.6 Å². The van der Waals surface area contributed by atoms with Gasteiger partial charge < -0.3 is 0 Å². The molecule has 1 aliphatic rings. The van der Waals surface area contributed by atoms with Crippen molar-refractivity contribution in [1.29, 1.82) is 0 Å². The zero-order valence-corrected chi connectivity index (χ0v) is 11.5. The van der Waals surface area contributed by atoms with Crippen LogP contribution in [0.25, 0.3) is 0 Å². The second-order valence-corrected chi connectivity index (χ2v) is 5.58. The van der Waals surface area contributed by atoms with Crippen molar-refractivity contribution in [3.63, 3.8) is 0 Å². The van der Waals surface area contributed by atoms with E-state index in [1.807, 2.05) is 0 Å². The average Bonchev–Trinajstić information content (AvgIpc) is 2.36. The summed E-state index contributed by atoms with van der Waals surface area (Å²) in [7, 11) is 0. The van der Waals surface area contributed by atoms with Gasteiger partial charge in [-0.3, -0.25) is 0 Å². The van der Waals surface area contributed by atoms with E-state index in [4.69, 9.17) is 0 Å². The summed E-state index contributed by atoms with van der Waals surface area (Å²) in [6.07, 6.45) is 5.90. The van der Waals surface area contributed by atoms with Gasteiger partial charge in [0, 0.05) is 0 Å². The molecule has 1 aliphatic carbocycles. The van der Waals surface area contributed by atoms with Crippen molar-refractivity contribution >= 4 is 0 Å². The smallest absolute Gasteiger partial charge is 0.194 e. The molecule has 0 bridgehead atoms. The highest BCUT2D eigenvalue weighted by Crippen LogP contribution is 2.45. The summed E-state index contributed by atoms with van der Waals surface area (Å²) in [5.74, 6) is -8.04. The van der Waals surface area contributed by atoms with Gasteiger partial charge in [-0.15, -0.1) is 0 Å². The number of hydrogen-bond donors (Lipinski definition) is 0. The van der Waals surface area contributed by atoms with Crippen LogP contribution in [-0.4, -0.2) is 11.8 Å². The normalized spacial score (nSPS) is 18.4. The molecule has 0 nitrogen and oxygen atoms in total. The van der Waals surface area contributed by atoms with Crippen LogP contribution in [0.4, 0.5) is 17.6 Å². The minimum atomic E-state index is -4.21. The molecule has 0 aromatic carbocycles. The summed E-state index contributed by atoms with van der Waals surface area (Å²) in [5.41, 5.74) is -1.50. The van der Waals surface area contributed by atoms with Crippen LogP contribution in [0.2, 0.25) is 0 Å². The van der Waals surface area contributed by atoms with Crippen molar-refractivity contribution in [2.45, 2.75) is 63.7 Å². The Kier molecular flexibility index (Phi) is 5.22. The zero-order valence-electron chi connectivity index (χ0n) is 11.5. The van der Waals surface area contributed by atoms with Gasteiger partial charge >= 0.3 is 11.8 Å². The Labute approximate surface area is 112 Å². The molecule has 19 heavy (non-hydrogen) atoms. The molecule has 1 rings (SSSR count). The van der Waals surface area contributed by atoms with Gasteiger partial charge in [0.15, 0.2) is 0 Å². The second kappa shape index (κ2) is 6.10. The Hall–Kier alpha value is -0.800. The van der Waals surface area contributed by atoms with Crippen LogP contribution in [0.15, 0.2) is 24.3 Å². The Balaban J connectivity index is 2.58. The van der Waals surface area contributed by atoms with Crippen molar-refractivity contribution in [3.8, 4) is 0 Å². The summed E-state index contributed by atoms with van der Waals surface area (Å²) in [5, 5.41) is 0.